The van der Waals surface area contributed by atoms with Crippen molar-refractivity contribution in [3.05, 3.63) is 60.8 Å². The van der Waals surface area contributed by atoms with Crippen molar-refractivity contribution in [1.29, 1.82) is 0 Å². The van der Waals surface area contributed by atoms with E-state index in [-0.39, 0.29) is 18.5 Å². The van der Waals surface area contributed by atoms with Crippen LogP contribution in [0.2, 0.25) is 0 Å². The zero-order chi connectivity index (χ0) is 50.3. The molecule has 7 atom stereocenters. The number of carbonyl (C=O) groups is 2. The summed E-state index contributed by atoms with van der Waals surface area (Å²) in [5.74, 6) is -0.263. The van der Waals surface area contributed by atoms with Crippen molar-refractivity contribution in [3.8, 4) is 0 Å². The third kappa shape index (κ3) is 37.8. The summed E-state index contributed by atoms with van der Waals surface area (Å²) in [5, 5.41) is 54.0. The number of esters is 1. The largest absolute Gasteiger partial charge is 0.466 e. The average molecular weight is 974 g/mol. The molecule has 1 amide bonds. The van der Waals surface area contributed by atoms with Crippen LogP contribution in [-0.2, 0) is 23.8 Å². The van der Waals surface area contributed by atoms with E-state index < -0.39 is 49.5 Å². The van der Waals surface area contributed by atoms with E-state index in [1.54, 1.807) is 6.08 Å². The minimum Gasteiger partial charge on any atom is -0.466 e. The first-order chi connectivity index (χ1) is 33.7. The van der Waals surface area contributed by atoms with E-state index in [1.807, 2.05) is 19.1 Å². The number of rotatable bonds is 47. The second-order valence-electron chi connectivity index (χ2n) is 19.3. The summed E-state index contributed by atoms with van der Waals surface area (Å²) < 4.78 is 16.6. The Bertz CT molecular complexity index is 1330. The average Bonchev–Trinajstić information content (AvgIpc) is 3.34. The van der Waals surface area contributed by atoms with E-state index in [0.29, 0.717) is 32.3 Å². The summed E-state index contributed by atoms with van der Waals surface area (Å²) in [4.78, 5) is 25.0. The van der Waals surface area contributed by atoms with Crippen LogP contribution in [0.25, 0.3) is 0 Å². The van der Waals surface area contributed by atoms with Crippen molar-refractivity contribution in [2.75, 3.05) is 19.8 Å². The molecule has 0 aromatic carbocycles. The lowest BCUT2D eigenvalue weighted by atomic mass is 9.99. The van der Waals surface area contributed by atoms with Crippen LogP contribution in [0.1, 0.15) is 232 Å². The van der Waals surface area contributed by atoms with Crippen LogP contribution in [0.4, 0.5) is 0 Å². The Kier molecular flexibility index (Phi) is 44.5. The maximum atomic E-state index is 13.0. The molecule has 0 saturated carbocycles. The summed E-state index contributed by atoms with van der Waals surface area (Å²) in [6.07, 6.45) is 50.6. The molecule has 0 aromatic heterocycles. The van der Waals surface area contributed by atoms with Gasteiger partial charge in [0.1, 0.15) is 24.4 Å². The SMILES string of the molecule is C/C=C/CC/C=C/CC/C=C/C(O)C(COC1OC(CO)C(O)C(O)C1O)NC(=O)CCCCCCCC/C=C\C=C/CCCCCOC(=O)CCCCCCCCCCCCCCCCCCC. The van der Waals surface area contributed by atoms with E-state index in [1.165, 1.54) is 96.3 Å². The van der Waals surface area contributed by atoms with Gasteiger partial charge < -0.3 is 45.1 Å². The number of amides is 1. The lowest BCUT2D eigenvalue weighted by Crippen LogP contribution is -2.60. The van der Waals surface area contributed by atoms with Crippen LogP contribution < -0.4 is 5.32 Å². The molecule has 0 aliphatic carbocycles. The van der Waals surface area contributed by atoms with Gasteiger partial charge in [-0.05, 0) is 84.0 Å². The summed E-state index contributed by atoms with van der Waals surface area (Å²) in [7, 11) is 0. The van der Waals surface area contributed by atoms with Crippen molar-refractivity contribution >= 4 is 11.9 Å². The van der Waals surface area contributed by atoms with Crippen LogP contribution in [0.15, 0.2) is 60.8 Å². The summed E-state index contributed by atoms with van der Waals surface area (Å²) in [6, 6.07) is -0.850. The van der Waals surface area contributed by atoms with Crippen LogP contribution in [0.3, 0.4) is 0 Å². The number of nitrogens with one attached hydrogen (secondary N) is 1. The van der Waals surface area contributed by atoms with E-state index >= 15 is 0 Å². The Morgan fingerprint density at radius 3 is 1.58 bits per heavy atom. The van der Waals surface area contributed by atoms with Crippen molar-refractivity contribution in [2.24, 2.45) is 0 Å². The summed E-state index contributed by atoms with van der Waals surface area (Å²) in [6.45, 7) is 4.01. The summed E-state index contributed by atoms with van der Waals surface area (Å²) in [5.41, 5.74) is 0. The Morgan fingerprint density at radius 2 is 1.04 bits per heavy atom. The lowest BCUT2D eigenvalue weighted by molar-refractivity contribution is -0.302. The Hall–Kier alpha value is -2.64. The van der Waals surface area contributed by atoms with Gasteiger partial charge in [-0.1, -0.05) is 196 Å². The van der Waals surface area contributed by atoms with Crippen LogP contribution in [0, 0.1) is 0 Å². The molecule has 6 N–H and O–H groups in total. The minimum absolute atomic E-state index is 0.0397. The zero-order valence-electron chi connectivity index (χ0n) is 43.8. The molecule has 1 rings (SSSR count). The molecule has 400 valence electrons. The number of allylic oxidation sites excluding steroid dienone is 9. The van der Waals surface area contributed by atoms with Crippen molar-refractivity contribution in [2.45, 2.75) is 275 Å². The van der Waals surface area contributed by atoms with Crippen LogP contribution >= 0.6 is 0 Å². The Balaban J connectivity index is 2.10. The highest BCUT2D eigenvalue weighted by molar-refractivity contribution is 5.76. The molecular formula is C58H103NO10. The fraction of sp³-hybridized carbons (Fsp3) is 0.793. The number of aliphatic hydroxyl groups is 5. The first kappa shape index (κ1) is 64.4. The van der Waals surface area contributed by atoms with Gasteiger partial charge in [0.2, 0.25) is 5.91 Å². The molecule has 1 saturated heterocycles. The monoisotopic (exact) mass is 974 g/mol. The molecular weight excluding hydrogens is 871 g/mol. The normalized spacial score (nSPS) is 19.8. The van der Waals surface area contributed by atoms with E-state index in [0.717, 1.165) is 96.3 Å². The number of aliphatic hydroxyl groups excluding tert-OH is 5. The molecule has 1 aliphatic heterocycles. The third-order valence-electron chi connectivity index (χ3n) is 13.0. The molecule has 11 heteroatoms. The van der Waals surface area contributed by atoms with Gasteiger partial charge in [-0.15, -0.1) is 0 Å². The second-order valence-corrected chi connectivity index (χ2v) is 19.3. The molecule has 1 fully saturated rings. The Morgan fingerprint density at radius 1 is 0.565 bits per heavy atom. The molecule has 0 bridgehead atoms. The number of carbonyl (C=O) groups excluding carboxylic acids is 2. The van der Waals surface area contributed by atoms with E-state index in [4.69, 9.17) is 14.2 Å². The number of ether oxygens (including phenoxy) is 3. The molecule has 69 heavy (non-hydrogen) atoms. The topological polar surface area (TPSA) is 175 Å². The highest BCUT2D eigenvalue weighted by Gasteiger charge is 2.44. The van der Waals surface area contributed by atoms with Crippen molar-refractivity contribution < 1.29 is 49.3 Å². The molecule has 0 radical (unpaired) electrons. The summed E-state index contributed by atoms with van der Waals surface area (Å²) >= 11 is 0. The molecule has 7 unspecified atom stereocenters. The minimum atomic E-state index is -1.59. The third-order valence-corrected chi connectivity index (χ3v) is 13.0. The predicted octanol–water partition coefficient (Wildman–Crippen LogP) is 12.3. The van der Waals surface area contributed by atoms with Gasteiger partial charge in [-0.2, -0.15) is 0 Å². The smallest absolute Gasteiger partial charge is 0.305 e. The van der Waals surface area contributed by atoms with Gasteiger partial charge in [0, 0.05) is 12.8 Å². The first-order valence-electron chi connectivity index (χ1n) is 28.0. The highest BCUT2D eigenvalue weighted by atomic mass is 16.7. The predicted molar refractivity (Wildman–Crippen MR) is 283 cm³/mol. The fourth-order valence-electron chi connectivity index (χ4n) is 8.46. The number of hydrogen-bond donors (Lipinski definition) is 6. The van der Waals surface area contributed by atoms with Crippen LogP contribution in [0.5, 0.6) is 0 Å². The quantitative estimate of drug-likeness (QED) is 0.0149. The first-order valence-corrected chi connectivity index (χ1v) is 28.0. The lowest BCUT2D eigenvalue weighted by Gasteiger charge is -2.40. The number of unbranched alkanes of at least 4 members (excludes halogenated alkanes) is 27. The molecule has 11 nitrogen and oxygen atoms in total. The van der Waals surface area contributed by atoms with Gasteiger partial charge in [-0.25, -0.2) is 0 Å². The van der Waals surface area contributed by atoms with Crippen molar-refractivity contribution in [1.82, 2.24) is 5.32 Å². The standard InChI is InChI=1S/C58H103NO10/c1-3-5-7-9-11-13-14-15-16-17-20-23-26-30-34-38-42-46-54(63)67-47-43-39-35-31-27-24-21-18-19-22-25-29-33-37-41-45-53(62)59-50(51(61)44-40-36-32-28-12-10-8-6-4-2)49-68-58-57(66)56(65)55(64)52(48-60)69-58/h4,6,12,18,21,24,27-28,40,44,50-52,55-58,60-61,64-66H,3,5,7-11,13-17,19-20,22-23,25-26,29-39,41-43,45-49H2,1-2H3,(H,59,62)/b6-4+,21-18-,27-24-,28-12+,44-40+. The maximum absolute atomic E-state index is 13.0. The van der Waals surface area contributed by atoms with E-state index in [9.17, 15) is 35.1 Å². The van der Waals surface area contributed by atoms with Gasteiger partial charge >= 0.3 is 5.97 Å². The maximum Gasteiger partial charge on any atom is 0.305 e. The second kappa shape index (κ2) is 47.7. The van der Waals surface area contributed by atoms with Gasteiger partial charge in [0.15, 0.2) is 6.29 Å². The fourth-order valence-corrected chi connectivity index (χ4v) is 8.46. The Labute approximate surface area is 420 Å². The molecule has 1 aliphatic rings. The highest BCUT2D eigenvalue weighted by Crippen LogP contribution is 2.23. The number of hydrogen-bond acceptors (Lipinski definition) is 10. The van der Waals surface area contributed by atoms with Gasteiger partial charge in [0.25, 0.3) is 0 Å². The van der Waals surface area contributed by atoms with Gasteiger partial charge in [-0.3, -0.25) is 9.59 Å². The molecule has 1 heterocycles. The molecule has 0 spiro atoms. The van der Waals surface area contributed by atoms with E-state index in [2.05, 4.69) is 54.8 Å². The zero-order valence-corrected chi connectivity index (χ0v) is 43.8. The van der Waals surface area contributed by atoms with Gasteiger partial charge in [0.05, 0.1) is 32.0 Å². The van der Waals surface area contributed by atoms with Crippen LogP contribution in [-0.4, -0.2) is 100 Å². The molecule has 0 aromatic rings. The van der Waals surface area contributed by atoms with Crippen molar-refractivity contribution in [3.63, 3.8) is 0 Å².